The van der Waals surface area contributed by atoms with Gasteiger partial charge in [-0.25, -0.2) is 4.79 Å². The van der Waals surface area contributed by atoms with E-state index in [4.69, 9.17) is 5.11 Å². The third-order valence-electron chi connectivity index (χ3n) is 3.87. The van der Waals surface area contributed by atoms with Gasteiger partial charge in [0.05, 0.1) is 0 Å². The SMILES string of the molecule is Cc1cc(C=CC(=O)O)ccc1N1CCC(N(C)C)C1. The second-order valence-corrected chi connectivity index (χ2v) is 5.57. The van der Waals surface area contributed by atoms with Crippen molar-refractivity contribution in [3.05, 3.63) is 35.4 Å². The van der Waals surface area contributed by atoms with Gasteiger partial charge in [-0.05, 0) is 56.8 Å². The second kappa shape index (κ2) is 6.09. The highest BCUT2D eigenvalue weighted by molar-refractivity contribution is 5.85. The van der Waals surface area contributed by atoms with Crippen LogP contribution in [0, 0.1) is 6.92 Å². The number of likely N-dealkylation sites (N-methyl/N-ethyl adjacent to an activating group) is 1. The van der Waals surface area contributed by atoms with Crippen molar-refractivity contribution in [2.45, 2.75) is 19.4 Å². The van der Waals surface area contributed by atoms with Gasteiger partial charge < -0.3 is 14.9 Å². The van der Waals surface area contributed by atoms with E-state index in [0.29, 0.717) is 6.04 Å². The summed E-state index contributed by atoms with van der Waals surface area (Å²) in [6.07, 6.45) is 3.99. The molecule has 1 unspecified atom stereocenters. The van der Waals surface area contributed by atoms with Gasteiger partial charge in [-0.1, -0.05) is 6.07 Å². The molecule has 1 atom stereocenters. The fourth-order valence-electron chi connectivity index (χ4n) is 2.69. The van der Waals surface area contributed by atoms with E-state index in [1.165, 1.54) is 23.7 Å². The standard InChI is InChI=1S/C16H22N2O2/c1-12-10-13(5-7-16(19)20)4-6-15(12)18-9-8-14(11-18)17(2)3/h4-7,10,14H,8-9,11H2,1-3H3,(H,19,20). The molecule has 108 valence electrons. The maximum Gasteiger partial charge on any atom is 0.328 e. The van der Waals surface area contributed by atoms with Crippen LogP contribution in [-0.4, -0.2) is 49.2 Å². The number of rotatable bonds is 4. The number of nitrogens with zero attached hydrogens (tertiary/aromatic N) is 2. The van der Waals surface area contributed by atoms with E-state index in [1.807, 2.05) is 12.1 Å². The maximum absolute atomic E-state index is 10.5. The Morgan fingerprint density at radius 2 is 2.20 bits per heavy atom. The highest BCUT2D eigenvalue weighted by Gasteiger charge is 2.24. The molecule has 1 fully saturated rings. The third kappa shape index (κ3) is 3.39. The Labute approximate surface area is 120 Å². The summed E-state index contributed by atoms with van der Waals surface area (Å²) in [5, 5.41) is 8.65. The quantitative estimate of drug-likeness (QED) is 0.855. The molecule has 0 spiro atoms. The molecule has 2 rings (SSSR count). The van der Waals surface area contributed by atoms with E-state index in [1.54, 1.807) is 6.08 Å². The van der Waals surface area contributed by atoms with Crippen molar-refractivity contribution < 1.29 is 9.90 Å². The smallest absolute Gasteiger partial charge is 0.328 e. The number of aryl methyl sites for hydroxylation is 1. The molecule has 4 nitrogen and oxygen atoms in total. The minimum atomic E-state index is -0.917. The summed E-state index contributed by atoms with van der Waals surface area (Å²) in [5.41, 5.74) is 3.37. The predicted molar refractivity (Wildman–Crippen MR) is 82.2 cm³/mol. The molecule has 0 radical (unpaired) electrons. The number of aliphatic carboxylic acids is 1. The largest absolute Gasteiger partial charge is 0.478 e. The molecule has 0 amide bonds. The molecule has 1 aliphatic heterocycles. The van der Waals surface area contributed by atoms with Crippen LogP contribution in [0.1, 0.15) is 17.5 Å². The minimum Gasteiger partial charge on any atom is -0.478 e. The van der Waals surface area contributed by atoms with Gasteiger partial charge in [-0.3, -0.25) is 0 Å². The number of benzene rings is 1. The van der Waals surface area contributed by atoms with Crippen molar-refractivity contribution in [3.8, 4) is 0 Å². The highest BCUT2D eigenvalue weighted by Crippen LogP contribution is 2.26. The molecule has 1 saturated heterocycles. The van der Waals surface area contributed by atoms with Crippen LogP contribution in [0.25, 0.3) is 6.08 Å². The van der Waals surface area contributed by atoms with Crippen molar-refractivity contribution in [2.24, 2.45) is 0 Å². The lowest BCUT2D eigenvalue weighted by Crippen LogP contribution is -2.31. The van der Waals surface area contributed by atoms with E-state index in [9.17, 15) is 4.79 Å². The lowest BCUT2D eigenvalue weighted by molar-refractivity contribution is -0.131. The monoisotopic (exact) mass is 274 g/mol. The van der Waals surface area contributed by atoms with Gasteiger partial charge in [-0.15, -0.1) is 0 Å². The number of anilines is 1. The van der Waals surface area contributed by atoms with Crippen LogP contribution in [0.4, 0.5) is 5.69 Å². The zero-order chi connectivity index (χ0) is 14.7. The molecule has 20 heavy (non-hydrogen) atoms. The molecule has 0 saturated carbocycles. The fraction of sp³-hybridized carbons (Fsp3) is 0.438. The zero-order valence-corrected chi connectivity index (χ0v) is 12.3. The Bertz CT molecular complexity index is 523. The molecule has 1 aliphatic rings. The molecule has 1 heterocycles. The third-order valence-corrected chi connectivity index (χ3v) is 3.87. The minimum absolute atomic E-state index is 0.612. The summed E-state index contributed by atoms with van der Waals surface area (Å²) in [6.45, 7) is 4.21. The number of carboxylic acid groups (broad SMARTS) is 1. The Morgan fingerprint density at radius 3 is 2.75 bits per heavy atom. The van der Waals surface area contributed by atoms with Gasteiger partial charge in [0, 0.05) is 30.9 Å². The number of hydrogen-bond donors (Lipinski definition) is 1. The second-order valence-electron chi connectivity index (χ2n) is 5.57. The number of hydrogen-bond acceptors (Lipinski definition) is 3. The molecule has 4 heteroatoms. The normalized spacial score (nSPS) is 19.2. The lowest BCUT2D eigenvalue weighted by Gasteiger charge is -2.23. The maximum atomic E-state index is 10.5. The van der Waals surface area contributed by atoms with Crippen LogP contribution in [0.3, 0.4) is 0 Å². The molecular formula is C16H22N2O2. The zero-order valence-electron chi connectivity index (χ0n) is 12.3. The van der Waals surface area contributed by atoms with Crippen LogP contribution in [-0.2, 0) is 4.79 Å². The van der Waals surface area contributed by atoms with Crippen molar-refractivity contribution in [2.75, 3.05) is 32.1 Å². The average molecular weight is 274 g/mol. The molecule has 1 aromatic rings. The van der Waals surface area contributed by atoms with Gasteiger partial charge in [0.15, 0.2) is 0 Å². The summed E-state index contributed by atoms with van der Waals surface area (Å²) in [5.74, 6) is -0.917. The first-order chi connectivity index (χ1) is 9.47. The van der Waals surface area contributed by atoms with E-state index in [-0.39, 0.29) is 0 Å². The summed E-state index contributed by atoms with van der Waals surface area (Å²) in [7, 11) is 4.25. The molecule has 0 bridgehead atoms. The number of carbonyl (C=O) groups is 1. The van der Waals surface area contributed by atoms with E-state index >= 15 is 0 Å². The topological polar surface area (TPSA) is 43.8 Å². The molecular weight excluding hydrogens is 252 g/mol. The van der Waals surface area contributed by atoms with Crippen molar-refractivity contribution >= 4 is 17.7 Å². The Kier molecular flexibility index (Phi) is 4.45. The summed E-state index contributed by atoms with van der Waals surface area (Å²) in [6, 6.07) is 6.72. The van der Waals surface area contributed by atoms with Crippen LogP contribution in [0.5, 0.6) is 0 Å². The molecule has 0 aliphatic carbocycles. The van der Waals surface area contributed by atoms with E-state index < -0.39 is 5.97 Å². The summed E-state index contributed by atoms with van der Waals surface area (Å²) >= 11 is 0. The van der Waals surface area contributed by atoms with Gasteiger partial charge >= 0.3 is 5.97 Å². The Balaban J connectivity index is 2.12. The predicted octanol–water partition coefficient (Wildman–Crippen LogP) is 2.23. The van der Waals surface area contributed by atoms with Crippen molar-refractivity contribution in [1.82, 2.24) is 4.90 Å². The van der Waals surface area contributed by atoms with Crippen LogP contribution >= 0.6 is 0 Å². The molecule has 1 aromatic carbocycles. The van der Waals surface area contributed by atoms with E-state index in [2.05, 4.69) is 36.9 Å². The van der Waals surface area contributed by atoms with Gasteiger partial charge in [0.1, 0.15) is 0 Å². The highest BCUT2D eigenvalue weighted by atomic mass is 16.4. The molecule has 1 N–H and O–H groups in total. The Hall–Kier alpha value is -1.81. The molecule has 0 aromatic heterocycles. The fourth-order valence-corrected chi connectivity index (χ4v) is 2.69. The van der Waals surface area contributed by atoms with Crippen LogP contribution in [0.15, 0.2) is 24.3 Å². The van der Waals surface area contributed by atoms with Crippen molar-refractivity contribution in [1.29, 1.82) is 0 Å². The first-order valence-electron chi connectivity index (χ1n) is 6.90. The summed E-state index contributed by atoms with van der Waals surface area (Å²) in [4.78, 5) is 15.2. The van der Waals surface area contributed by atoms with E-state index in [0.717, 1.165) is 18.7 Å². The average Bonchev–Trinajstić information content (AvgIpc) is 2.86. The first kappa shape index (κ1) is 14.6. The number of carboxylic acids is 1. The van der Waals surface area contributed by atoms with Gasteiger partial charge in [0.25, 0.3) is 0 Å². The summed E-state index contributed by atoms with van der Waals surface area (Å²) < 4.78 is 0. The van der Waals surface area contributed by atoms with Gasteiger partial charge in [-0.2, -0.15) is 0 Å². The lowest BCUT2D eigenvalue weighted by atomic mass is 10.1. The van der Waals surface area contributed by atoms with Crippen LogP contribution in [0.2, 0.25) is 0 Å². The Morgan fingerprint density at radius 1 is 1.45 bits per heavy atom. The van der Waals surface area contributed by atoms with Crippen molar-refractivity contribution in [3.63, 3.8) is 0 Å². The van der Waals surface area contributed by atoms with Crippen LogP contribution < -0.4 is 4.90 Å². The first-order valence-corrected chi connectivity index (χ1v) is 6.90. The van der Waals surface area contributed by atoms with Gasteiger partial charge in [0.2, 0.25) is 0 Å².